The number of nitro benzene ring substituents is 1. The zero-order valence-corrected chi connectivity index (χ0v) is 17.7. The summed E-state index contributed by atoms with van der Waals surface area (Å²) >= 11 is 0. The molecule has 2 aromatic carbocycles. The molecule has 2 aromatic rings. The van der Waals surface area contributed by atoms with E-state index in [-0.39, 0.29) is 22.1 Å². The topological polar surface area (TPSA) is 101 Å². The van der Waals surface area contributed by atoms with Crippen molar-refractivity contribution in [2.75, 3.05) is 20.1 Å². The van der Waals surface area contributed by atoms with E-state index in [1.165, 1.54) is 39.5 Å². The van der Waals surface area contributed by atoms with Crippen LogP contribution < -0.4 is 0 Å². The van der Waals surface area contributed by atoms with Crippen LogP contribution in [-0.4, -0.2) is 48.6 Å². The Hall–Kier alpha value is -2.78. The SMILES string of the molecule is CCN(CC)S(=O)(=O)c1cccc(C(=O)N(C)C(C)c2cccc([N+](=O)[O-])c2)c1. The van der Waals surface area contributed by atoms with Crippen molar-refractivity contribution in [2.45, 2.75) is 31.7 Å². The van der Waals surface area contributed by atoms with Gasteiger partial charge in [-0.3, -0.25) is 14.9 Å². The van der Waals surface area contributed by atoms with Crippen molar-refractivity contribution in [1.29, 1.82) is 0 Å². The first-order valence-electron chi connectivity index (χ1n) is 9.25. The zero-order valence-electron chi connectivity index (χ0n) is 16.9. The minimum absolute atomic E-state index is 0.0532. The molecule has 9 heteroatoms. The summed E-state index contributed by atoms with van der Waals surface area (Å²) in [5.41, 5.74) is 0.794. The lowest BCUT2D eigenvalue weighted by Crippen LogP contribution is -2.32. The number of nitro groups is 1. The van der Waals surface area contributed by atoms with E-state index in [2.05, 4.69) is 0 Å². The number of sulfonamides is 1. The number of hydrogen-bond donors (Lipinski definition) is 0. The summed E-state index contributed by atoms with van der Waals surface area (Å²) in [6, 6.07) is 11.6. The van der Waals surface area contributed by atoms with Gasteiger partial charge in [0.1, 0.15) is 0 Å². The number of non-ortho nitro benzene ring substituents is 1. The van der Waals surface area contributed by atoms with Gasteiger partial charge < -0.3 is 4.90 Å². The molecule has 0 aliphatic rings. The number of benzene rings is 2. The maximum absolute atomic E-state index is 12.9. The summed E-state index contributed by atoms with van der Waals surface area (Å²) in [7, 11) is -2.10. The third-order valence-electron chi connectivity index (χ3n) is 4.89. The van der Waals surface area contributed by atoms with Gasteiger partial charge in [0.2, 0.25) is 10.0 Å². The smallest absolute Gasteiger partial charge is 0.269 e. The second-order valence-electron chi connectivity index (χ2n) is 6.56. The molecule has 0 radical (unpaired) electrons. The molecule has 0 saturated heterocycles. The monoisotopic (exact) mass is 419 g/mol. The molecule has 0 aliphatic heterocycles. The van der Waals surface area contributed by atoms with E-state index in [0.717, 1.165) is 0 Å². The van der Waals surface area contributed by atoms with Gasteiger partial charge >= 0.3 is 0 Å². The Morgan fingerprint density at radius 1 is 1.10 bits per heavy atom. The van der Waals surface area contributed by atoms with Gasteiger partial charge in [-0.15, -0.1) is 0 Å². The first-order chi connectivity index (χ1) is 13.6. The van der Waals surface area contributed by atoms with Crippen molar-refractivity contribution in [2.24, 2.45) is 0 Å². The van der Waals surface area contributed by atoms with Crippen molar-refractivity contribution in [3.63, 3.8) is 0 Å². The molecule has 0 spiro atoms. The van der Waals surface area contributed by atoms with Gasteiger partial charge in [0.25, 0.3) is 11.6 Å². The highest BCUT2D eigenvalue weighted by molar-refractivity contribution is 7.89. The fourth-order valence-electron chi connectivity index (χ4n) is 3.00. The predicted octanol–water partition coefficient (Wildman–Crippen LogP) is 3.46. The predicted molar refractivity (Wildman–Crippen MR) is 110 cm³/mol. The summed E-state index contributed by atoms with van der Waals surface area (Å²) in [6.07, 6.45) is 0. The van der Waals surface area contributed by atoms with Crippen LogP contribution in [0.15, 0.2) is 53.4 Å². The Morgan fingerprint density at radius 2 is 1.72 bits per heavy atom. The summed E-state index contributed by atoms with van der Waals surface area (Å²) in [6.45, 7) is 5.93. The molecular weight excluding hydrogens is 394 g/mol. The van der Waals surface area contributed by atoms with E-state index in [1.54, 1.807) is 46.0 Å². The highest BCUT2D eigenvalue weighted by Crippen LogP contribution is 2.25. The maximum Gasteiger partial charge on any atom is 0.269 e. The number of hydrogen-bond acceptors (Lipinski definition) is 5. The quantitative estimate of drug-likeness (QED) is 0.482. The van der Waals surface area contributed by atoms with Crippen molar-refractivity contribution in [1.82, 2.24) is 9.21 Å². The normalized spacial score (nSPS) is 12.6. The average Bonchev–Trinajstić information content (AvgIpc) is 2.73. The average molecular weight is 420 g/mol. The lowest BCUT2D eigenvalue weighted by atomic mass is 10.1. The van der Waals surface area contributed by atoms with E-state index in [0.29, 0.717) is 18.7 Å². The van der Waals surface area contributed by atoms with Crippen LogP contribution in [0.25, 0.3) is 0 Å². The third kappa shape index (κ3) is 4.80. The molecule has 0 bridgehead atoms. The molecular formula is C20H25N3O5S. The Balaban J connectivity index is 2.32. The second-order valence-corrected chi connectivity index (χ2v) is 8.50. The van der Waals surface area contributed by atoms with Crippen LogP contribution in [0.3, 0.4) is 0 Å². The Bertz CT molecular complexity index is 1000. The summed E-state index contributed by atoms with van der Waals surface area (Å²) in [5, 5.41) is 11.0. The fourth-order valence-corrected chi connectivity index (χ4v) is 4.51. The zero-order chi connectivity index (χ0) is 21.8. The number of nitrogens with zero attached hydrogens (tertiary/aromatic N) is 3. The largest absolute Gasteiger partial charge is 0.335 e. The Labute approximate surface area is 171 Å². The minimum Gasteiger partial charge on any atom is -0.335 e. The van der Waals surface area contributed by atoms with Crippen molar-refractivity contribution >= 4 is 21.6 Å². The molecule has 156 valence electrons. The van der Waals surface area contributed by atoms with Crippen molar-refractivity contribution in [3.8, 4) is 0 Å². The van der Waals surface area contributed by atoms with Gasteiger partial charge in [0.05, 0.1) is 15.9 Å². The Morgan fingerprint density at radius 3 is 2.31 bits per heavy atom. The number of amides is 1. The molecule has 0 heterocycles. The van der Waals surface area contributed by atoms with Crippen LogP contribution in [-0.2, 0) is 10.0 Å². The van der Waals surface area contributed by atoms with Gasteiger partial charge in [-0.25, -0.2) is 8.42 Å². The molecule has 2 rings (SSSR count). The molecule has 1 amide bonds. The molecule has 1 unspecified atom stereocenters. The van der Waals surface area contributed by atoms with E-state index in [1.807, 2.05) is 0 Å². The van der Waals surface area contributed by atoms with E-state index >= 15 is 0 Å². The van der Waals surface area contributed by atoms with Gasteiger partial charge in [0.15, 0.2) is 0 Å². The number of rotatable bonds is 8. The summed E-state index contributed by atoms with van der Waals surface area (Å²) < 4.78 is 26.8. The molecule has 8 nitrogen and oxygen atoms in total. The fraction of sp³-hybridized carbons (Fsp3) is 0.350. The maximum atomic E-state index is 12.9. The van der Waals surface area contributed by atoms with Crippen LogP contribution in [0.4, 0.5) is 5.69 Å². The molecule has 0 aliphatic carbocycles. The van der Waals surface area contributed by atoms with Crippen LogP contribution in [0.1, 0.15) is 42.7 Å². The standard InChI is InChI=1S/C20H25N3O5S/c1-5-22(6-2)29(27,28)19-12-8-10-17(14-19)20(24)21(4)15(3)16-9-7-11-18(13-16)23(25)26/h7-15H,5-6H2,1-4H3. The van der Waals surface area contributed by atoms with Gasteiger partial charge in [-0.05, 0) is 30.7 Å². The van der Waals surface area contributed by atoms with Gasteiger partial charge in [-0.1, -0.05) is 32.0 Å². The lowest BCUT2D eigenvalue weighted by molar-refractivity contribution is -0.384. The highest BCUT2D eigenvalue weighted by Gasteiger charge is 2.25. The Kier molecular flexibility index (Phi) is 7.10. The van der Waals surface area contributed by atoms with Crippen molar-refractivity contribution in [3.05, 3.63) is 69.8 Å². The van der Waals surface area contributed by atoms with E-state index in [4.69, 9.17) is 0 Å². The van der Waals surface area contributed by atoms with Crippen molar-refractivity contribution < 1.29 is 18.1 Å². The van der Waals surface area contributed by atoms with Crippen LogP contribution in [0, 0.1) is 10.1 Å². The second kappa shape index (κ2) is 9.15. The van der Waals surface area contributed by atoms with Crippen LogP contribution in [0.2, 0.25) is 0 Å². The first kappa shape index (κ1) is 22.5. The summed E-state index contributed by atoms with van der Waals surface area (Å²) in [4.78, 5) is 25.0. The first-order valence-corrected chi connectivity index (χ1v) is 10.7. The minimum atomic E-state index is -3.68. The third-order valence-corrected chi connectivity index (χ3v) is 6.93. The van der Waals surface area contributed by atoms with Gasteiger partial charge in [-0.2, -0.15) is 4.31 Å². The van der Waals surface area contributed by atoms with E-state index in [9.17, 15) is 23.3 Å². The highest BCUT2D eigenvalue weighted by atomic mass is 32.2. The number of carbonyl (C=O) groups is 1. The molecule has 0 aromatic heterocycles. The van der Waals surface area contributed by atoms with Gasteiger partial charge in [0, 0.05) is 37.8 Å². The van der Waals surface area contributed by atoms with E-state index < -0.39 is 21.0 Å². The molecule has 0 N–H and O–H groups in total. The molecule has 1 atom stereocenters. The summed E-state index contributed by atoms with van der Waals surface area (Å²) in [5.74, 6) is -0.374. The molecule has 29 heavy (non-hydrogen) atoms. The van der Waals surface area contributed by atoms with Crippen LogP contribution >= 0.6 is 0 Å². The van der Waals surface area contributed by atoms with Crippen LogP contribution in [0.5, 0.6) is 0 Å². The number of carbonyl (C=O) groups excluding carboxylic acids is 1. The molecule has 0 saturated carbocycles. The molecule has 0 fully saturated rings. The lowest BCUT2D eigenvalue weighted by Gasteiger charge is -2.26.